The fraction of sp³-hybridized carbons (Fsp3) is 0.522. The van der Waals surface area contributed by atoms with E-state index in [-0.39, 0.29) is 30.0 Å². The first-order chi connectivity index (χ1) is 15.3. The second kappa shape index (κ2) is 15.4. The van der Waals surface area contributed by atoms with Crippen LogP contribution in [0.5, 0.6) is 5.75 Å². The lowest BCUT2D eigenvalue weighted by molar-refractivity contribution is 0.0179. The summed E-state index contributed by atoms with van der Waals surface area (Å²) < 4.78 is 16.3. The molecule has 9 heteroatoms. The van der Waals surface area contributed by atoms with Gasteiger partial charge in [0.2, 0.25) is 0 Å². The number of rotatable bonds is 11. The molecular formula is C23H35IN4O3S. The van der Waals surface area contributed by atoms with E-state index in [9.17, 15) is 0 Å². The Bertz CT molecular complexity index is 768. The lowest BCUT2D eigenvalue weighted by Crippen LogP contribution is -2.42. The minimum atomic E-state index is 0. The molecule has 2 aromatic rings. The third-order valence-corrected chi connectivity index (χ3v) is 5.86. The molecule has 1 aliphatic rings. The number of morpholine rings is 1. The van der Waals surface area contributed by atoms with Crippen LogP contribution in [0.15, 0.2) is 52.1 Å². The summed E-state index contributed by atoms with van der Waals surface area (Å²) >= 11 is 1.82. The largest absolute Gasteiger partial charge is 0.497 e. The third-order valence-electron chi connectivity index (χ3n) is 5.25. The number of nitrogens with one attached hydrogen (secondary N) is 2. The van der Waals surface area contributed by atoms with Gasteiger partial charge in [-0.1, -0.05) is 12.1 Å². The molecule has 178 valence electrons. The van der Waals surface area contributed by atoms with E-state index in [1.807, 2.05) is 36.0 Å². The highest BCUT2D eigenvalue weighted by Crippen LogP contribution is 2.24. The van der Waals surface area contributed by atoms with E-state index in [2.05, 4.69) is 33.9 Å². The number of guanidine groups is 1. The zero-order valence-corrected chi connectivity index (χ0v) is 22.1. The van der Waals surface area contributed by atoms with Crippen LogP contribution < -0.4 is 15.4 Å². The second-order valence-corrected chi connectivity index (χ2v) is 8.29. The van der Waals surface area contributed by atoms with Gasteiger partial charge in [-0.05, 0) is 36.1 Å². The molecule has 0 spiro atoms. The van der Waals surface area contributed by atoms with Crippen molar-refractivity contribution in [3.8, 4) is 5.75 Å². The van der Waals surface area contributed by atoms with Crippen molar-refractivity contribution in [3.63, 3.8) is 0 Å². The monoisotopic (exact) mass is 574 g/mol. The Kier molecular flexibility index (Phi) is 12.9. The van der Waals surface area contributed by atoms with E-state index < -0.39 is 0 Å². The van der Waals surface area contributed by atoms with Crippen LogP contribution in [0.25, 0.3) is 0 Å². The topological polar surface area (TPSA) is 71.3 Å². The fourth-order valence-electron chi connectivity index (χ4n) is 3.53. The van der Waals surface area contributed by atoms with Crippen LogP contribution >= 0.6 is 35.7 Å². The van der Waals surface area contributed by atoms with Gasteiger partial charge in [-0.3, -0.25) is 9.89 Å². The summed E-state index contributed by atoms with van der Waals surface area (Å²) in [4.78, 5) is 7.41. The molecular weight excluding hydrogens is 539 g/mol. The lowest BCUT2D eigenvalue weighted by Gasteiger charge is -2.34. The summed E-state index contributed by atoms with van der Waals surface area (Å²) in [6, 6.07) is 12.4. The standard InChI is InChI=1S/C23H34N4O3S.HI/c1-28-20-7-5-19(6-8-20)22(27-12-15-29-16-13-27)18-26-23(25-11-17-31-2)24-10-9-21-4-3-14-30-21;/h3-8,14,22H,9-13,15-18H2,1-2H3,(H2,24,25,26);1H. The molecule has 0 aliphatic carbocycles. The van der Waals surface area contributed by atoms with Crippen molar-refractivity contribution in [2.24, 2.45) is 4.99 Å². The van der Waals surface area contributed by atoms with Crippen LogP contribution in [0, 0.1) is 0 Å². The average Bonchev–Trinajstić information content (AvgIpc) is 3.33. The highest BCUT2D eigenvalue weighted by molar-refractivity contribution is 14.0. The second-order valence-electron chi connectivity index (χ2n) is 7.30. The van der Waals surface area contributed by atoms with Gasteiger partial charge in [-0.15, -0.1) is 24.0 Å². The number of ether oxygens (including phenoxy) is 2. The predicted octanol–water partition coefficient (Wildman–Crippen LogP) is 3.42. The first-order valence-electron chi connectivity index (χ1n) is 10.8. The summed E-state index contributed by atoms with van der Waals surface area (Å²) in [5.41, 5.74) is 1.24. The Morgan fingerprint density at radius 1 is 1.16 bits per heavy atom. The molecule has 2 N–H and O–H groups in total. The summed E-state index contributed by atoms with van der Waals surface area (Å²) in [6.45, 7) is 5.65. The van der Waals surface area contributed by atoms with Crippen molar-refractivity contribution >= 4 is 41.7 Å². The van der Waals surface area contributed by atoms with Crippen LogP contribution in [0.1, 0.15) is 17.4 Å². The molecule has 3 rings (SSSR count). The van der Waals surface area contributed by atoms with Crippen LogP contribution in [0.2, 0.25) is 0 Å². The highest BCUT2D eigenvalue weighted by Gasteiger charge is 2.22. The van der Waals surface area contributed by atoms with Crippen molar-refractivity contribution in [2.75, 3.05) is 65.1 Å². The van der Waals surface area contributed by atoms with Crippen molar-refractivity contribution in [1.29, 1.82) is 0 Å². The number of thioether (sulfide) groups is 1. The van der Waals surface area contributed by atoms with E-state index in [1.165, 1.54) is 5.56 Å². The fourth-order valence-corrected chi connectivity index (χ4v) is 3.84. The molecule has 1 atom stereocenters. The molecule has 1 aromatic carbocycles. The summed E-state index contributed by atoms with van der Waals surface area (Å²) in [6.07, 6.45) is 4.64. The third kappa shape index (κ3) is 8.84. The number of hydrogen-bond donors (Lipinski definition) is 2. The van der Waals surface area contributed by atoms with E-state index in [1.54, 1.807) is 13.4 Å². The van der Waals surface area contributed by atoms with Crippen molar-refractivity contribution in [2.45, 2.75) is 12.5 Å². The molecule has 1 aromatic heterocycles. The van der Waals surface area contributed by atoms with Gasteiger partial charge in [0.1, 0.15) is 11.5 Å². The van der Waals surface area contributed by atoms with Crippen molar-refractivity contribution < 1.29 is 13.9 Å². The minimum absolute atomic E-state index is 0. The molecule has 1 saturated heterocycles. The molecule has 1 fully saturated rings. The smallest absolute Gasteiger partial charge is 0.191 e. The summed E-state index contributed by atoms with van der Waals surface area (Å²) in [5, 5.41) is 6.90. The minimum Gasteiger partial charge on any atom is -0.497 e. The van der Waals surface area contributed by atoms with Gasteiger partial charge in [0.15, 0.2) is 5.96 Å². The number of hydrogen-bond acceptors (Lipinski definition) is 6. The van der Waals surface area contributed by atoms with E-state index in [4.69, 9.17) is 18.9 Å². The molecule has 32 heavy (non-hydrogen) atoms. The molecule has 0 bridgehead atoms. The number of nitrogens with zero attached hydrogens (tertiary/aromatic N) is 2. The normalized spacial score (nSPS) is 15.6. The quantitative estimate of drug-likeness (QED) is 0.185. The Hall–Kier alpha value is -1.43. The Labute approximate surface area is 212 Å². The SMILES string of the molecule is COc1ccc(C(CN=C(NCCSC)NCCc2ccco2)N2CCOCC2)cc1.I. The number of benzene rings is 1. The zero-order valence-electron chi connectivity index (χ0n) is 18.9. The van der Waals surface area contributed by atoms with Crippen LogP contribution in [0.3, 0.4) is 0 Å². The lowest BCUT2D eigenvalue weighted by atomic mass is 10.0. The van der Waals surface area contributed by atoms with E-state index in [0.717, 1.165) is 69.0 Å². The van der Waals surface area contributed by atoms with Crippen molar-refractivity contribution in [3.05, 3.63) is 54.0 Å². The average molecular weight is 575 g/mol. The molecule has 1 aliphatic heterocycles. The molecule has 0 radical (unpaired) electrons. The van der Waals surface area contributed by atoms with E-state index in [0.29, 0.717) is 6.54 Å². The molecule has 0 amide bonds. The van der Waals surface area contributed by atoms with Gasteiger partial charge >= 0.3 is 0 Å². The number of methoxy groups -OCH3 is 1. The molecule has 0 saturated carbocycles. The van der Waals surface area contributed by atoms with Gasteiger partial charge in [0.05, 0.1) is 39.2 Å². The first-order valence-corrected chi connectivity index (χ1v) is 12.2. The molecule has 2 heterocycles. The van der Waals surface area contributed by atoms with E-state index >= 15 is 0 Å². The molecule has 1 unspecified atom stereocenters. The zero-order chi connectivity index (χ0) is 21.7. The van der Waals surface area contributed by atoms with Gasteiger partial charge in [0.25, 0.3) is 0 Å². The van der Waals surface area contributed by atoms with Crippen molar-refractivity contribution in [1.82, 2.24) is 15.5 Å². The van der Waals surface area contributed by atoms with Crippen LogP contribution in [-0.2, 0) is 11.2 Å². The maximum atomic E-state index is 5.57. The first kappa shape index (κ1) is 26.8. The Morgan fingerprint density at radius 3 is 2.56 bits per heavy atom. The molecule has 7 nitrogen and oxygen atoms in total. The number of furan rings is 1. The van der Waals surface area contributed by atoms with Gasteiger partial charge in [-0.25, -0.2) is 0 Å². The van der Waals surface area contributed by atoms with Gasteiger partial charge in [-0.2, -0.15) is 11.8 Å². The van der Waals surface area contributed by atoms with Crippen LogP contribution in [-0.4, -0.2) is 75.9 Å². The van der Waals surface area contributed by atoms with Gasteiger partial charge in [0, 0.05) is 38.4 Å². The van der Waals surface area contributed by atoms with Gasteiger partial charge < -0.3 is 24.5 Å². The Morgan fingerprint density at radius 2 is 1.91 bits per heavy atom. The maximum Gasteiger partial charge on any atom is 0.191 e. The number of halogens is 1. The van der Waals surface area contributed by atoms with Crippen LogP contribution in [0.4, 0.5) is 0 Å². The summed E-state index contributed by atoms with van der Waals surface area (Å²) in [7, 11) is 1.69. The number of aliphatic imine (C=N–C) groups is 1. The maximum absolute atomic E-state index is 5.57. The summed E-state index contributed by atoms with van der Waals surface area (Å²) in [5.74, 6) is 3.71. The highest BCUT2D eigenvalue weighted by atomic mass is 127. The Balaban J connectivity index is 0.00000363. The predicted molar refractivity (Wildman–Crippen MR) is 143 cm³/mol.